The minimum absolute atomic E-state index is 0.148. The molecule has 0 radical (unpaired) electrons. The predicted molar refractivity (Wildman–Crippen MR) is 119 cm³/mol. The molecule has 150 valence electrons. The zero-order valence-electron chi connectivity index (χ0n) is 15.8. The first kappa shape index (κ1) is 24.3. The molecule has 1 aromatic rings. The van der Waals surface area contributed by atoms with Gasteiger partial charge in [-0.25, -0.2) is 9.49 Å². The SMILES string of the molecule is CCCCC(F)CC(CCC(Br)C(Br)Br)(c1ccc(=O)[nH]n1)C(C)CC. The average molecular weight is 561 g/mol. The zero-order chi connectivity index (χ0) is 19.7. The Bertz CT molecular complexity index is 564. The molecule has 0 aliphatic carbocycles. The number of hydrogen-bond donors (Lipinski definition) is 1. The number of aromatic nitrogens is 2. The molecule has 0 amide bonds. The van der Waals surface area contributed by atoms with Crippen molar-refractivity contribution in [1.82, 2.24) is 10.2 Å². The molecule has 1 heterocycles. The number of rotatable bonds is 12. The lowest BCUT2D eigenvalue weighted by Crippen LogP contribution is -2.39. The van der Waals surface area contributed by atoms with E-state index in [1.54, 1.807) is 6.07 Å². The Morgan fingerprint density at radius 1 is 1.23 bits per heavy atom. The third kappa shape index (κ3) is 7.01. The van der Waals surface area contributed by atoms with Gasteiger partial charge in [0.2, 0.25) is 0 Å². The van der Waals surface area contributed by atoms with Crippen molar-refractivity contribution in [3.63, 3.8) is 0 Å². The lowest BCUT2D eigenvalue weighted by Gasteiger charge is -2.40. The highest BCUT2D eigenvalue weighted by Gasteiger charge is 2.41. The molecule has 4 atom stereocenters. The molecule has 0 bridgehead atoms. The van der Waals surface area contributed by atoms with Crippen molar-refractivity contribution >= 4 is 47.8 Å². The van der Waals surface area contributed by atoms with Gasteiger partial charge < -0.3 is 0 Å². The molecule has 4 unspecified atom stereocenters. The maximum atomic E-state index is 14.9. The lowest BCUT2D eigenvalue weighted by molar-refractivity contribution is 0.155. The highest BCUT2D eigenvalue weighted by molar-refractivity contribution is 9.25. The molecule has 0 saturated heterocycles. The number of nitrogens with zero attached hydrogens (tertiary/aromatic N) is 1. The second kappa shape index (κ2) is 11.9. The van der Waals surface area contributed by atoms with Crippen molar-refractivity contribution in [1.29, 1.82) is 0 Å². The molecule has 0 fully saturated rings. The Labute approximate surface area is 181 Å². The van der Waals surface area contributed by atoms with E-state index in [-0.39, 0.29) is 20.0 Å². The van der Waals surface area contributed by atoms with Crippen molar-refractivity contribution in [2.75, 3.05) is 0 Å². The zero-order valence-corrected chi connectivity index (χ0v) is 20.5. The molecule has 1 rings (SSSR count). The van der Waals surface area contributed by atoms with Crippen molar-refractivity contribution in [2.24, 2.45) is 5.92 Å². The van der Waals surface area contributed by atoms with E-state index < -0.39 is 11.6 Å². The number of hydrogen-bond acceptors (Lipinski definition) is 2. The molecule has 0 aliphatic heterocycles. The van der Waals surface area contributed by atoms with Gasteiger partial charge >= 0.3 is 0 Å². The Hall–Kier alpha value is 0.250. The summed E-state index contributed by atoms with van der Waals surface area (Å²) in [6.07, 6.45) is 4.64. The number of nitrogens with one attached hydrogen (secondary N) is 1. The van der Waals surface area contributed by atoms with Crippen LogP contribution in [0.4, 0.5) is 4.39 Å². The molecule has 3 nitrogen and oxygen atoms in total. The van der Waals surface area contributed by atoms with Crippen LogP contribution in [0.1, 0.15) is 71.4 Å². The van der Waals surface area contributed by atoms with Crippen LogP contribution in [-0.2, 0) is 5.41 Å². The first-order valence-electron chi connectivity index (χ1n) is 9.39. The van der Waals surface area contributed by atoms with Gasteiger partial charge in [-0.1, -0.05) is 87.8 Å². The third-order valence-corrected chi connectivity index (χ3v) is 9.02. The summed E-state index contributed by atoms with van der Waals surface area (Å²) in [5.74, 6) is 0.254. The topological polar surface area (TPSA) is 45.8 Å². The van der Waals surface area contributed by atoms with E-state index in [1.807, 2.05) is 0 Å². The standard InChI is InChI=1S/C19H30Br3FN2O/c1-4-6-7-14(23)12-19(13(3)5-2,11-10-15(20)18(21)22)16-8-9-17(26)25-24-16/h8-9,13-15,18H,4-7,10-12H2,1-3H3,(H,25,26). The molecular formula is C19H30Br3FN2O. The first-order chi connectivity index (χ1) is 12.3. The van der Waals surface area contributed by atoms with Crippen LogP contribution < -0.4 is 5.56 Å². The number of alkyl halides is 4. The Morgan fingerprint density at radius 3 is 2.42 bits per heavy atom. The molecule has 0 aliphatic rings. The maximum absolute atomic E-state index is 14.9. The van der Waals surface area contributed by atoms with E-state index in [0.29, 0.717) is 12.8 Å². The second-order valence-corrected chi connectivity index (χ2v) is 11.5. The van der Waals surface area contributed by atoms with Gasteiger partial charge in [-0.15, -0.1) is 0 Å². The summed E-state index contributed by atoms with van der Waals surface area (Å²) in [6, 6.07) is 3.28. The van der Waals surface area contributed by atoms with Crippen LogP contribution in [0, 0.1) is 5.92 Å². The van der Waals surface area contributed by atoms with Gasteiger partial charge in [-0.3, -0.25) is 4.79 Å². The maximum Gasteiger partial charge on any atom is 0.264 e. The molecule has 1 N–H and O–H groups in total. The molecule has 0 saturated carbocycles. The van der Waals surface area contributed by atoms with Gasteiger partial charge in [0.25, 0.3) is 5.56 Å². The van der Waals surface area contributed by atoms with E-state index in [9.17, 15) is 9.18 Å². The van der Waals surface area contributed by atoms with Gasteiger partial charge in [0, 0.05) is 16.3 Å². The first-order valence-corrected chi connectivity index (χ1v) is 12.1. The summed E-state index contributed by atoms with van der Waals surface area (Å²) < 4.78 is 15.0. The minimum atomic E-state index is -0.866. The smallest absolute Gasteiger partial charge is 0.264 e. The fraction of sp³-hybridized carbons (Fsp3) is 0.789. The third-order valence-electron chi connectivity index (χ3n) is 5.34. The predicted octanol–water partition coefficient (Wildman–Crippen LogP) is 6.63. The van der Waals surface area contributed by atoms with Gasteiger partial charge in [-0.2, -0.15) is 5.10 Å². The summed E-state index contributed by atoms with van der Waals surface area (Å²) in [4.78, 5) is 11.7. The quantitative estimate of drug-likeness (QED) is 0.292. The molecule has 0 spiro atoms. The number of aromatic amines is 1. The summed E-state index contributed by atoms with van der Waals surface area (Å²) in [5, 5.41) is 6.89. The van der Waals surface area contributed by atoms with Crippen molar-refractivity contribution in [3.05, 3.63) is 28.2 Å². The van der Waals surface area contributed by atoms with Crippen LogP contribution >= 0.6 is 47.8 Å². The molecule has 1 aromatic heterocycles. The number of H-pyrrole nitrogens is 1. The number of halogens is 4. The van der Waals surface area contributed by atoms with Gasteiger partial charge in [0.1, 0.15) is 6.17 Å². The monoisotopic (exact) mass is 558 g/mol. The van der Waals surface area contributed by atoms with Gasteiger partial charge in [0.05, 0.1) is 9.43 Å². The highest BCUT2D eigenvalue weighted by Crippen LogP contribution is 2.44. The van der Waals surface area contributed by atoms with E-state index >= 15 is 0 Å². The van der Waals surface area contributed by atoms with Crippen LogP contribution in [0.3, 0.4) is 0 Å². The fourth-order valence-corrected chi connectivity index (χ4v) is 4.25. The van der Waals surface area contributed by atoms with E-state index in [0.717, 1.165) is 37.8 Å². The molecular weight excluding hydrogens is 531 g/mol. The van der Waals surface area contributed by atoms with Crippen molar-refractivity contribution in [3.8, 4) is 0 Å². The molecule has 26 heavy (non-hydrogen) atoms. The van der Waals surface area contributed by atoms with Gasteiger partial charge in [0.15, 0.2) is 0 Å². The average Bonchev–Trinajstić information content (AvgIpc) is 2.62. The molecule has 7 heteroatoms. The summed E-state index contributed by atoms with van der Waals surface area (Å²) in [7, 11) is 0. The normalized spacial score (nSPS) is 17.7. The fourth-order valence-electron chi connectivity index (χ4n) is 3.49. The van der Waals surface area contributed by atoms with Crippen molar-refractivity contribution in [2.45, 2.75) is 85.9 Å². The largest absolute Gasteiger partial charge is 0.268 e. The van der Waals surface area contributed by atoms with Crippen LogP contribution in [-0.4, -0.2) is 24.9 Å². The minimum Gasteiger partial charge on any atom is -0.268 e. The van der Waals surface area contributed by atoms with Crippen LogP contribution in [0.15, 0.2) is 16.9 Å². The molecule has 0 aromatic carbocycles. The summed E-state index contributed by atoms with van der Waals surface area (Å²) in [5.41, 5.74) is 0.174. The van der Waals surface area contributed by atoms with Crippen molar-refractivity contribution < 1.29 is 4.39 Å². The van der Waals surface area contributed by atoms with Crippen LogP contribution in [0.2, 0.25) is 0 Å². The van der Waals surface area contributed by atoms with E-state index in [4.69, 9.17) is 0 Å². The van der Waals surface area contributed by atoms with Crippen LogP contribution in [0.25, 0.3) is 0 Å². The Balaban J connectivity index is 3.23. The second-order valence-electron chi connectivity index (χ2n) is 7.10. The van der Waals surface area contributed by atoms with E-state index in [2.05, 4.69) is 78.8 Å². The highest BCUT2D eigenvalue weighted by atomic mass is 79.9. The number of unbranched alkanes of at least 4 members (excludes halogenated alkanes) is 1. The van der Waals surface area contributed by atoms with E-state index in [1.165, 1.54) is 6.07 Å². The van der Waals surface area contributed by atoms with Gasteiger partial charge in [-0.05, 0) is 37.7 Å². The Morgan fingerprint density at radius 2 is 1.92 bits per heavy atom. The lowest BCUT2D eigenvalue weighted by atomic mass is 9.65. The Kier molecular flexibility index (Phi) is 11.2. The van der Waals surface area contributed by atoms with Crippen LogP contribution in [0.5, 0.6) is 0 Å². The summed E-state index contributed by atoms with van der Waals surface area (Å²) in [6.45, 7) is 6.38. The summed E-state index contributed by atoms with van der Waals surface area (Å²) >= 11 is 10.8.